The number of benzene rings is 1. The normalized spacial score (nSPS) is 10.5. The molecular weight excluding hydrogens is 244 g/mol. The predicted octanol–water partition coefficient (Wildman–Crippen LogP) is 1.67. The number of hydrogen-bond acceptors (Lipinski definition) is 5. The number of rotatable bonds is 2. The van der Waals surface area contributed by atoms with Crippen LogP contribution in [0.3, 0.4) is 0 Å². The molecule has 0 aliphatic rings. The molecule has 3 N–H and O–H groups in total. The van der Waals surface area contributed by atoms with Crippen LogP contribution in [0.4, 0.5) is 5.69 Å². The van der Waals surface area contributed by atoms with Gasteiger partial charge in [-0.3, -0.25) is 4.79 Å². The van der Waals surface area contributed by atoms with Crippen LogP contribution in [0.25, 0.3) is 23.0 Å². The Balaban J connectivity index is 1.99. The molecule has 3 aromatic rings. The lowest BCUT2D eigenvalue weighted by atomic mass is 10.2. The Morgan fingerprint density at radius 1 is 1.11 bits per heavy atom. The zero-order valence-electron chi connectivity index (χ0n) is 9.83. The molecule has 6 nitrogen and oxygen atoms in total. The Morgan fingerprint density at radius 2 is 1.89 bits per heavy atom. The molecule has 0 saturated carbocycles. The second-order valence-electron chi connectivity index (χ2n) is 3.97. The van der Waals surface area contributed by atoms with E-state index in [2.05, 4.69) is 15.1 Å². The second-order valence-corrected chi connectivity index (χ2v) is 3.97. The van der Waals surface area contributed by atoms with E-state index < -0.39 is 0 Å². The van der Waals surface area contributed by atoms with E-state index in [9.17, 15) is 4.79 Å². The van der Waals surface area contributed by atoms with Gasteiger partial charge in [0.15, 0.2) is 0 Å². The summed E-state index contributed by atoms with van der Waals surface area (Å²) in [5.74, 6) is 0.712. The number of nitrogens with one attached hydrogen (secondary N) is 1. The van der Waals surface area contributed by atoms with Crippen LogP contribution in [-0.4, -0.2) is 15.1 Å². The number of nitrogen functional groups attached to an aromatic ring is 1. The minimum atomic E-state index is -0.218. The Labute approximate surface area is 107 Å². The maximum atomic E-state index is 11.2. The van der Waals surface area contributed by atoms with Crippen molar-refractivity contribution < 1.29 is 4.52 Å². The summed E-state index contributed by atoms with van der Waals surface area (Å²) in [6, 6.07) is 11.9. The number of aromatic amines is 1. The summed E-state index contributed by atoms with van der Waals surface area (Å²) < 4.78 is 5.13. The third-order valence-electron chi connectivity index (χ3n) is 2.59. The first-order chi connectivity index (χ1) is 9.22. The smallest absolute Gasteiger partial charge is 0.274 e. The van der Waals surface area contributed by atoms with Crippen LogP contribution in [-0.2, 0) is 0 Å². The van der Waals surface area contributed by atoms with E-state index in [0.717, 1.165) is 5.56 Å². The lowest BCUT2D eigenvalue weighted by molar-refractivity contribution is 0.431. The third-order valence-corrected chi connectivity index (χ3v) is 2.59. The Morgan fingerprint density at radius 3 is 2.63 bits per heavy atom. The van der Waals surface area contributed by atoms with E-state index in [-0.39, 0.29) is 11.4 Å². The molecule has 94 valence electrons. The number of pyridine rings is 1. The van der Waals surface area contributed by atoms with Crippen LogP contribution in [0, 0.1) is 0 Å². The SMILES string of the molecule is Nc1ccc(-c2noc(-c3cccc(=O)[nH]3)n2)cc1. The van der Waals surface area contributed by atoms with Gasteiger partial charge in [0.25, 0.3) is 5.89 Å². The van der Waals surface area contributed by atoms with Gasteiger partial charge in [0.2, 0.25) is 11.4 Å². The maximum absolute atomic E-state index is 11.2. The van der Waals surface area contributed by atoms with E-state index in [1.54, 1.807) is 36.4 Å². The van der Waals surface area contributed by atoms with E-state index in [4.69, 9.17) is 10.3 Å². The number of anilines is 1. The predicted molar refractivity (Wildman–Crippen MR) is 70.2 cm³/mol. The fraction of sp³-hybridized carbons (Fsp3) is 0. The summed E-state index contributed by atoms with van der Waals surface area (Å²) in [7, 11) is 0. The van der Waals surface area contributed by atoms with Gasteiger partial charge in [-0.05, 0) is 30.3 Å². The third kappa shape index (κ3) is 2.23. The molecule has 6 heteroatoms. The fourth-order valence-corrected chi connectivity index (χ4v) is 1.65. The summed E-state index contributed by atoms with van der Waals surface area (Å²) in [6.07, 6.45) is 0. The van der Waals surface area contributed by atoms with E-state index in [0.29, 0.717) is 17.2 Å². The first kappa shape index (κ1) is 11.2. The van der Waals surface area contributed by atoms with Crippen LogP contribution in [0.1, 0.15) is 0 Å². The molecule has 0 aliphatic heterocycles. The van der Waals surface area contributed by atoms with Crippen LogP contribution < -0.4 is 11.3 Å². The van der Waals surface area contributed by atoms with Crippen molar-refractivity contribution in [3.63, 3.8) is 0 Å². The Bertz CT molecular complexity index is 759. The Kier molecular flexibility index (Phi) is 2.60. The topological polar surface area (TPSA) is 97.8 Å². The van der Waals surface area contributed by atoms with Gasteiger partial charge in [-0.1, -0.05) is 11.2 Å². The molecule has 0 atom stereocenters. The van der Waals surface area contributed by atoms with Crippen molar-refractivity contribution in [2.24, 2.45) is 0 Å². The maximum Gasteiger partial charge on any atom is 0.274 e. The van der Waals surface area contributed by atoms with Gasteiger partial charge in [0.1, 0.15) is 5.69 Å². The van der Waals surface area contributed by atoms with E-state index in [1.165, 1.54) is 6.07 Å². The number of aromatic nitrogens is 3. The second kappa shape index (κ2) is 4.41. The molecule has 0 unspecified atom stereocenters. The van der Waals surface area contributed by atoms with Gasteiger partial charge in [0, 0.05) is 17.3 Å². The quantitative estimate of drug-likeness (QED) is 0.678. The van der Waals surface area contributed by atoms with Crippen molar-refractivity contribution in [3.05, 3.63) is 52.8 Å². The molecule has 0 saturated heterocycles. The van der Waals surface area contributed by atoms with Gasteiger partial charge >= 0.3 is 0 Å². The van der Waals surface area contributed by atoms with Gasteiger partial charge in [-0.25, -0.2) is 0 Å². The highest BCUT2D eigenvalue weighted by Crippen LogP contribution is 2.20. The van der Waals surface area contributed by atoms with Crippen molar-refractivity contribution in [2.45, 2.75) is 0 Å². The molecule has 2 heterocycles. The van der Waals surface area contributed by atoms with Gasteiger partial charge in [-0.2, -0.15) is 4.98 Å². The standard InChI is InChI=1S/C13H10N4O2/c14-9-6-4-8(5-7-9)12-16-13(19-17-12)10-2-1-3-11(18)15-10/h1-7H,14H2,(H,15,18). The van der Waals surface area contributed by atoms with Crippen LogP contribution in [0.15, 0.2) is 51.8 Å². The molecule has 0 spiro atoms. The van der Waals surface area contributed by atoms with Crippen molar-refractivity contribution in [2.75, 3.05) is 5.73 Å². The number of hydrogen-bond donors (Lipinski definition) is 2. The molecule has 2 aromatic heterocycles. The van der Waals surface area contributed by atoms with Crippen molar-refractivity contribution in [1.82, 2.24) is 15.1 Å². The fourth-order valence-electron chi connectivity index (χ4n) is 1.65. The lowest BCUT2D eigenvalue weighted by Gasteiger charge is -1.94. The number of nitrogens with zero attached hydrogens (tertiary/aromatic N) is 2. The van der Waals surface area contributed by atoms with Crippen LogP contribution >= 0.6 is 0 Å². The first-order valence-corrected chi connectivity index (χ1v) is 5.62. The lowest BCUT2D eigenvalue weighted by Crippen LogP contribution is -2.03. The molecule has 3 rings (SSSR count). The van der Waals surface area contributed by atoms with Gasteiger partial charge < -0.3 is 15.2 Å². The summed E-state index contributed by atoms with van der Waals surface area (Å²) >= 11 is 0. The summed E-state index contributed by atoms with van der Waals surface area (Å²) in [4.78, 5) is 18.1. The molecule has 0 radical (unpaired) electrons. The Hall–Kier alpha value is -2.89. The minimum Gasteiger partial charge on any atom is -0.399 e. The van der Waals surface area contributed by atoms with E-state index in [1.807, 2.05) is 0 Å². The van der Waals surface area contributed by atoms with Gasteiger partial charge in [0.05, 0.1) is 0 Å². The monoisotopic (exact) mass is 254 g/mol. The molecule has 0 bridgehead atoms. The van der Waals surface area contributed by atoms with Crippen molar-refractivity contribution >= 4 is 5.69 Å². The summed E-state index contributed by atoms with van der Waals surface area (Å²) in [5, 5.41) is 3.87. The molecule has 0 aliphatic carbocycles. The van der Waals surface area contributed by atoms with Crippen molar-refractivity contribution in [3.8, 4) is 23.0 Å². The highest BCUT2D eigenvalue weighted by molar-refractivity contribution is 5.60. The highest BCUT2D eigenvalue weighted by atomic mass is 16.5. The van der Waals surface area contributed by atoms with Crippen LogP contribution in [0.2, 0.25) is 0 Å². The molecule has 0 amide bonds. The summed E-state index contributed by atoms with van der Waals surface area (Å²) in [6.45, 7) is 0. The summed E-state index contributed by atoms with van der Waals surface area (Å²) in [5.41, 5.74) is 7.34. The molecule has 19 heavy (non-hydrogen) atoms. The van der Waals surface area contributed by atoms with Crippen LogP contribution in [0.5, 0.6) is 0 Å². The molecule has 1 aromatic carbocycles. The minimum absolute atomic E-state index is 0.218. The highest BCUT2D eigenvalue weighted by Gasteiger charge is 2.10. The van der Waals surface area contributed by atoms with E-state index >= 15 is 0 Å². The first-order valence-electron chi connectivity index (χ1n) is 5.62. The van der Waals surface area contributed by atoms with Gasteiger partial charge in [-0.15, -0.1) is 0 Å². The number of nitrogens with two attached hydrogens (primary N) is 1. The zero-order valence-corrected chi connectivity index (χ0v) is 9.83. The average molecular weight is 254 g/mol. The molecule has 0 fully saturated rings. The largest absolute Gasteiger partial charge is 0.399 e. The average Bonchev–Trinajstić information content (AvgIpc) is 2.89. The zero-order chi connectivity index (χ0) is 13.2. The van der Waals surface area contributed by atoms with Crippen molar-refractivity contribution in [1.29, 1.82) is 0 Å². The number of H-pyrrole nitrogens is 1. The molecular formula is C13H10N4O2.